The van der Waals surface area contributed by atoms with Gasteiger partial charge in [0, 0.05) is 6.42 Å². The molecule has 0 saturated heterocycles. The minimum absolute atomic E-state index is 0.0599. The van der Waals surface area contributed by atoms with Crippen LogP contribution >= 0.6 is 0 Å². The third-order valence-electron chi connectivity index (χ3n) is 11.9. The summed E-state index contributed by atoms with van der Waals surface area (Å²) in [5.41, 5.74) is 0. The van der Waals surface area contributed by atoms with Gasteiger partial charge in [-0.15, -0.1) is 0 Å². The average molecular weight is 868 g/mol. The summed E-state index contributed by atoms with van der Waals surface area (Å²) in [7, 11) is 0. The van der Waals surface area contributed by atoms with Crippen LogP contribution in [0, 0.1) is 0 Å². The van der Waals surface area contributed by atoms with Gasteiger partial charge in [0.15, 0.2) is 0 Å². The largest absolute Gasteiger partial charge is 0.462 e. The lowest BCUT2D eigenvalue weighted by atomic mass is 10.0. The predicted octanol–water partition coefficient (Wildman–Crippen LogP) is 16.0. The first-order chi connectivity index (χ1) is 30.5. The van der Waals surface area contributed by atoms with Crippen molar-refractivity contribution in [3.63, 3.8) is 0 Å². The summed E-state index contributed by atoms with van der Waals surface area (Å²) in [6.45, 7) is 6.33. The molecule has 3 N–H and O–H groups in total. The Balaban J connectivity index is 4.58. The zero-order chi connectivity index (χ0) is 45.2. The molecule has 0 spiro atoms. The molecule has 360 valence electrons. The molecule has 0 fully saturated rings. The molecule has 1 amide bonds. The summed E-state index contributed by atoms with van der Waals surface area (Å²) >= 11 is 0. The van der Waals surface area contributed by atoms with E-state index in [0.717, 1.165) is 96.3 Å². The molecule has 0 aromatic heterocycles. The van der Waals surface area contributed by atoms with Crippen molar-refractivity contribution in [2.75, 3.05) is 6.61 Å². The lowest BCUT2D eigenvalue weighted by molar-refractivity contribution is -0.151. The first kappa shape index (κ1) is 59.6. The second-order valence-electron chi connectivity index (χ2n) is 18.0. The highest BCUT2D eigenvalue weighted by Gasteiger charge is 2.24. The molecule has 0 aromatic carbocycles. The second kappa shape index (κ2) is 49.6. The molecule has 0 radical (unpaired) electrons. The fourth-order valence-corrected chi connectivity index (χ4v) is 7.87. The minimum atomic E-state index is -0.796. The minimum Gasteiger partial charge on any atom is -0.462 e. The Morgan fingerprint density at radius 2 is 0.935 bits per heavy atom. The highest BCUT2D eigenvalue weighted by molar-refractivity contribution is 5.77. The smallest absolute Gasteiger partial charge is 0.306 e. The summed E-state index contributed by atoms with van der Waals surface area (Å²) in [5, 5.41) is 23.8. The van der Waals surface area contributed by atoms with Crippen molar-refractivity contribution >= 4 is 11.9 Å². The van der Waals surface area contributed by atoms with E-state index < -0.39 is 18.2 Å². The highest BCUT2D eigenvalue weighted by Crippen LogP contribution is 2.18. The van der Waals surface area contributed by atoms with Crippen LogP contribution in [0.1, 0.15) is 258 Å². The summed E-state index contributed by atoms with van der Waals surface area (Å²) in [4.78, 5) is 26.2. The van der Waals surface area contributed by atoms with E-state index in [4.69, 9.17) is 4.74 Å². The van der Waals surface area contributed by atoms with E-state index in [2.05, 4.69) is 86.8 Å². The van der Waals surface area contributed by atoms with Gasteiger partial charge in [0.1, 0.15) is 6.10 Å². The second-order valence-corrected chi connectivity index (χ2v) is 18.0. The molecule has 0 aromatic rings. The van der Waals surface area contributed by atoms with Crippen molar-refractivity contribution in [2.24, 2.45) is 0 Å². The van der Waals surface area contributed by atoms with Crippen LogP contribution in [0.25, 0.3) is 0 Å². The molecule has 0 aliphatic carbocycles. The SMILES string of the molecule is CC/C=C/C=C/C=C/CCCCCCCC(CC(=O)NC(CO)C(O)CCCCCCCCCCCCCCC)OC(=O)CCCCCCCCC/C=C\C/C=C\CCCCC. The van der Waals surface area contributed by atoms with Crippen LogP contribution in [0.4, 0.5) is 0 Å². The van der Waals surface area contributed by atoms with Crippen molar-refractivity contribution in [3.8, 4) is 0 Å². The number of ether oxygens (including phenoxy) is 1. The van der Waals surface area contributed by atoms with E-state index in [-0.39, 0.29) is 24.9 Å². The Morgan fingerprint density at radius 3 is 1.47 bits per heavy atom. The van der Waals surface area contributed by atoms with E-state index in [1.165, 1.54) is 116 Å². The zero-order valence-electron chi connectivity index (χ0n) is 41.0. The molecule has 0 rings (SSSR count). The first-order valence-electron chi connectivity index (χ1n) is 26.5. The van der Waals surface area contributed by atoms with Crippen molar-refractivity contribution in [1.29, 1.82) is 0 Å². The van der Waals surface area contributed by atoms with Gasteiger partial charge >= 0.3 is 5.97 Å². The third-order valence-corrected chi connectivity index (χ3v) is 11.9. The molecule has 6 nitrogen and oxygen atoms in total. The fourth-order valence-electron chi connectivity index (χ4n) is 7.87. The highest BCUT2D eigenvalue weighted by atomic mass is 16.5. The summed E-state index contributed by atoms with van der Waals surface area (Å²) in [6, 6.07) is -0.711. The van der Waals surface area contributed by atoms with Gasteiger partial charge in [-0.1, -0.05) is 229 Å². The van der Waals surface area contributed by atoms with Crippen LogP contribution in [-0.2, 0) is 14.3 Å². The number of hydrogen-bond acceptors (Lipinski definition) is 5. The maximum absolute atomic E-state index is 13.2. The van der Waals surface area contributed by atoms with Crippen molar-refractivity contribution in [2.45, 2.75) is 277 Å². The Morgan fingerprint density at radius 1 is 0.500 bits per heavy atom. The maximum atomic E-state index is 13.2. The fraction of sp³-hybridized carbons (Fsp3) is 0.786. The monoisotopic (exact) mass is 868 g/mol. The zero-order valence-corrected chi connectivity index (χ0v) is 41.0. The molecule has 6 heteroatoms. The van der Waals surface area contributed by atoms with Crippen LogP contribution in [0.3, 0.4) is 0 Å². The summed E-state index contributed by atoms with van der Waals surface area (Å²) < 4.78 is 5.93. The molecule has 0 aliphatic heterocycles. The number of esters is 1. The quantitative estimate of drug-likeness (QED) is 0.0245. The van der Waals surface area contributed by atoms with Crippen molar-refractivity contribution < 1.29 is 24.5 Å². The maximum Gasteiger partial charge on any atom is 0.306 e. The molecule has 0 saturated carbocycles. The van der Waals surface area contributed by atoms with Crippen LogP contribution in [0.2, 0.25) is 0 Å². The Kier molecular flexibility index (Phi) is 47.6. The molecule has 3 atom stereocenters. The molecular weight excluding hydrogens is 767 g/mol. The molecule has 62 heavy (non-hydrogen) atoms. The van der Waals surface area contributed by atoms with Gasteiger partial charge in [-0.25, -0.2) is 0 Å². The number of rotatable bonds is 47. The number of unbranched alkanes of at least 4 members (excludes halogenated alkanes) is 27. The number of carbonyl (C=O) groups is 2. The molecule has 0 bridgehead atoms. The number of amides is 1. The summed E-state index contributed by atoms with van der Waals surface area (Å²) in [5.74, 6) is -0.500. The number of nitrogens with one attached hydrogen (secondary N) is 1. The topological polar surface area (TPSA) is 95.9 Å². The number of carbonyl (C=O) groups excluding carboxylic acids is 2. The van der Waals surface area contributed by atoms with Gasteiger partial charge in [-0.2, -0.15) is 0 Å². The van der Waals surface area contributed by atoms with E-state index >= 15 is 0 Å². The van der Waals surface area contributed by atoms with Crippen LogP contribution in [-0.4, -0.2) is 46.9 Å². The lowest BCUT2D eigenvalue weighted by Crippen LogP contribution is -2.46. The Labute approximate surface area is 384 Å². The number of hydrogen-bond donors (Lipinski definition) is 3. The van der Waals surface area contributed by atoms with E-state index in [1.54, 1.807) is 0 Å². The number of aliphatic hydroxyl groups excluding tert-OH is 2. The molecule has 0 aliphatic rings. The molecule has 3 unspecified atom stereocenters. The van der Waals surface area contributed by atoms with Gasteiger partial charge < -0.3 is 20.3 Å². The van der Waals surface area contributed by atoms with Crippen LogP contribution in [0.15, 0.2) is 60.8 Å². The summed E-state index contributed by atoms with van der Waals surface area (Å²) in [6.07, 6.45) is 61.3. The normalized spacial score (nSPS) is 13.7. The van der Waals surface area contributed by atoms with E-state index in [1.807, 2.05) is 0 Å². The van der Waals surface area contributed by atoms with Gasteiger partial charge in [0.05, 0.1) is 25.2 Å². The lowest BCUT2D eigenvalue weighted by Gasteiger charge is -2.24. The van der Waals surface area contributed by atoms with Crippen LogP contribution < -0.4 is 5.32 Å². The van der Waals surface area contributed by atoms with Crippen molar-refractivity contribution in [1.82, 2.24) is 5.32 Å². The van der Waals surface area contributed by atoms with Gasteiger partial charge in [-0.05, 0) is 77.0 Å². The van der Waals surface area contributed by atoms with E-state index in [9.17, 15) is 19.8 Å². The number of allylic oxidation sites excluding steroid dienone is 10. The predicted molar refractivity (Wildman–Crippen MR) is 268 cm³/mol. The molecule has 0 heterocycles. The van der Waals surface area contributed by atoms with Gasteiger partial charge in [0.25, 0.3) is 0 Å². The van der Waals surface area contributed by atoms with Gasteiger partial charge in [-0.3, -0.25) is 9.59 Å². The van der Waals surface area contributed by atoms with Gasteiger partial charge in [0.2, 0.25) is 5.91 Å². The Hall–Kier alpha value is -2.44. The standard InChI is InChI=1S/C56H101NO5/c1-4-7-10-13-16-19-22-25-26-27-28-31-34-37-40-43-46-49-56(61)62-52(47-44-41-38-35-32-29-23-20-17-14-11-8-5-2)50-55(60)57-53(51-58)54(59)48-45-42-39-36-33-30-24-21-18-15-12-9-6-3/h8,11,14,16-17,19-20,23,25-26,52-54,58-59H,4-7,9-10,12-13,15,18,21-22,24,27-51H2,1-3H3,(H,57,60)/b11-8+,17-14+,19-16-,23-20+,26-25-. The Bertz CT molecular complexity index is 1110. The van der Waals surface area contributed by atoms with Crippen molar-refractivity contribution in [3.05, 3.63) is 60.8 Å². The third kappa shape index (κ3) is 44.2. The van der Waals surface area contributed by atoms with Crippen LogP contribution in [0.5, 0.6) is 0 Å². The molecular formula is C56H101NO5. The number of aliphatic hydroxyl groups is 2. The van der Waals surface area contributed by atoms with E-state index in [0.29, 0.717) is 19.3 Å². The first-order valence-corrected chi connectivity index (χ1v) is 26.5. The average Bonchev–Trinajstić information content (AvgIpc) is 3.26.